The first kappa shape index (κ1) is 41.0. The van der Waals surface area contributed by atoms with E-state index in [2.05, 4.69) is 20.6 Å². The fourth-order valence-corrected chi connectivity index (χ4v) is 8.86. The van der Waals surface area contributed by atoms with E-state index in [1.807, 2.05) is 94.4 Å². The number of aryl methyl sites for hydroxylation is 4. The number of aliphatic hydroxyl groups is 1. The molecule has 296 valence electrons. The highest BCUT2D eigenvalue weighted by molar-refractivity contribution is 7.89. The second-order valence-electron chi connectivity index (χ2n) is 13.8. The van der Waals surface area contributed by atoms with Crippen LogP contribution in [-0.4, -0.2) is 71.5 Å². The van der Waals surface area contributed by atoms with E-state index in [0.717, 1.165) is 43.5 Å². The second-order valence-corrected chi connectivity index (χ2v) is 16.7. The third-order valence-corrected chi connectivity index (χ3v) is 12.1. The van der Waals surface area contributed by atoms with Crippen molar-refractivity contribution in [2.24, 2.45) is 0 Å². The molecule has 4 aromatic carbocycles. The number of carbonyl (C=O) groups excluding carboxylic acids is 2. The Labute approximate surface area is 336 Å². The molecule has 0 bridgehead atoms. The molecule has 0 saturated heterocycles. The zero-order valence-corrected chi connectivity index (χ0v) is 33.8. The molecule has 0 spiro atoms. The van der Waals surface area contributed by atoms with Gasteiger partial charge in [-0.2, -0.15) is 4.31 Å². The normalized spacial score (nSPS) is 12.6. The molecular weight excluding hydrogens is 763 g/mol. The SMILES string of the molecule is Cc1cccc(C)c1OCC(=O)Nc1nc2ccc(S(=O)(=O)N(Cc3ccccn3)C[C@@H](O)[C@H](Cc3ccccc3)NC(=O)COc3c(C)cccc3C)cc2s1. The van der Waals surface area contributed by atoms with Gasteiger partial charge in [0.2, 0.25) is 10.0 Å². The smallest absolute Gasteiger partial charge is 0.264 e. The van der Waals surface area contributed by atoms with Crippen LogP contribution in [0.25, 0.3) is 10.2 Å². The fourth-order valence-electron chi connectivity index (χ4n) is 6.41. The summed E-state index contributed by atoms with van der Waals surface area (Å²) in [7, 11) is -4.27. The molecule has 3 N–H and O–H groups in total. The van der Waals surface area contributed by atoms with E-state index in [9.17, 15) is 23.1 Å². The van der Waals surface area contributed by atoms with Gasteiger partial charge in [0.15, 0.2) is 18.3 Å². The van der Waals surface area contributed by atoms with Crippen molar-refractivity contribution in [2.75, 3.05) is 25.1 Å². The van der Waals surface area contributed by atoms with Gasteiger partial charge in [-0.1, -0.05) is 84.1 Å². The number of ether oxygens (including phenoxy) is 2. The molecular formula is C43H45N5O7S2. The van der Waals surface area contributed by atoms with Crippen LogP contribution in [-0.2, 0) is 32.6 Å². The average molecular weight is 808 g/mol. The zero-order chi connectivity index (χ0) is 40.5. The summed E-state index contributed by atoms with van der Waals surface area (Å²) >= 11 is 1.13. The lowest BCUT2D eigenvalue weighted by Gasteiger charge is -2.30. The van der Waals surface area contributed by atoms with Gasteiger partial charge >= 0.3 is 0 Å². The van der Waals surface area contributed by atoms with E-state index in [1.54, 1.807) is 30.5 Å². The van der Waals surface area contributed by atoms with Gasteiger partial charge in [-0.05, 0) is 92.3 Å². The highest BCUT2D eigenvalue weighted by atomic mass is 32.2. The number of nitrogens with zero attached hydrogens (tertiary/aromatic N) is 3. The van der Waals surface area contributed by atoms with Crippen LogP contribution >= 0.6 is 11.3 Å². The van der Waals surface area contributed by atoms with Crippen LogP contribution in [0.5, 0.6) is 11.5 Å². The number of amides is 2. The maximum absolute atomic E-state index is 14.5. The number of hydrogen-bond donors (Lipinski definition) is 3. The van der Waals surface area contributed by atoms with E-state index < -0.39 is 34.0 Å². The van der Waals surface area contributed by atoms with Crippen LogP contribution in [0.1, 0.15) is 33.5 Å². The predicted molar refractivity (Wildman–Crippen MR) is 221 cm³/mol. The van der Waals surface area contributed by atoms with Crippen LogP contribution in [0.3, 0.4) is 0 Å². The lowest BCUT2D eigenvalue weighted by Crippen LogP contribution is -2.51. The fraction of sp³-hybridized carbons (Fsp3) is 0.256. The molecule has 0 unspecified atom stereocenters. The summed E-state index contributed by atoms with van der Waals surface area (Å²) in [5, 5.41) is 17.8. The lowest BCUT2D eigenvalue weighted by atomic mass is 10.0. The molecule has 0 saturated carbocycles. The molecule has 2 aromatic heterocycles. The number of aliphatic hydroxyl groups excluding tert-OH is 1. The molecule has 14 heteroatoms. The van der Waals surface area contributed by atoms with Gasteiger partial charge in [0, 0.05) is 12.7 Å². The summed E-state index contributed by atoms with van der Waals surface area (Å²) in [6.45, 7) is 6.57. The first-order valence-electron chi connectivity index (χ1n) is 18.4. The number of rotatable bonds is 17. The van der Waals surface area contributed by atoms with Gasteiger partial charge in [0.1, 0.15) is 11.5 Å². The van der Waals surface area contributed by atoms with Gasteiger partial charge in [0.25, 0.3) is 11.8 Å². The number of carbonyl (C=O) groups is 2. The van der Waals surface area contributed by atoms with Crippen LogP contribution in [0.2, 0.25) is 0 Å². The highest BCUT2D eigenvalue weighted by Gasteiger charge is 2.32. The number of para-hydroxylation sites is 2. The average Bonchev–Trinajstić information content (AvgIpc) is 3.59. The van der Waals surface area contributed by atoms with Crippen molar-refractivity contribution in [3.63, 3.8) is 0 Å². The summed E-state index contributed by atoms with van der Waals surface area (Å²) < 4.78 is 42.3. The summed E-state index contributed by atoms with van der Waals surface area (Å²) in [4.78, 5) is 34.9. The summed E-state index contributed by atoms with van der Waals surface area (Å²) in [5.41, 5.74) is 5.39. The molecule has 2 amide bonds. The molecule has 2 heterocycles. The third-order valence-electron chi connectivity index (χ3n) is 9.32. The summed E-state index contributed by atoms with van der Waals surface area (Å²) in [5.74, 6) is 0.375. The molecule has 0 aliphatic carbocycles. The Hall–Kier alpha value is -5.67. The van der Waals surface area contributed by atoms with Crippen molar-refractivity contribution in [1.29, 1.82) is 0 Å². The highest BCUT2D eigenvalue weighted by Crippen LogP contribution is 2.30. The zero-order valence-electron chi connectivity index (χ0n) is 32.1. The van der Waals surface area contributed by atoms with Gasteiger partial charge in [-0.3, -0.25) is 19.9 Å². The minimum absolute atomic E-state index is 0.0383. The number of aromatic nitrogens is 2. The Morgan fingerprint density at radius 3 is 2.02 bits per heavy atom. The quantitative estimate of drug-likeness (QED) is 0.0962. The Kier molecular flexibility index (Phi) is 13.3. The van der Waals surface area contributed by atoms with Crippen molar-refractivity contribution in [1.82, 2.24) is 19.6 Å². The number of anilines is 1. The van der Waals surface area contributed by atoms with Crippen LogP contribution in [0.4, 0.5) is 5.13 Å². The summed E-state index contributed by atoms with van der Waals surface area (Å²) in [6, 6.07) is 29.6. The summed E-state index contributed by atoms with van der Waals surface area (Å²) in [6.07, 6.45) is 0.454. The number of sulfonamides is 1. The van der Waals surface area contributed by atoms with Crippen molar-refractivity contribution >= 4 is 48.5 Å². The van der Waals surface area contributed by atoms with Gasteiger partial charge < -0.3 is 19.9 Å². The van der Waals surface area contributed by atoms with Crippen LogP contribution in [0.15, 0.2) is 114 Å². The molecule has 6 rings (SSSR count). The van der Waals surface area contributed by atoms with Crippen molar-refractivity contribution in [2.45, 2.75) is 57.7 Å². The molecule has 6 aromatic rings. The van der Waals surface area contributed by atoms with E-state index in [1.165, 1.54) is 12.1 Å². The molecule has 0 aliphatic rings. The third kappa shape index (κ3) is 10.6. The Balaban J connectivity index is 1.21. The first-order chi connectivity index (χ1) is 27.4. The van der Waals surface area contributed by atoms with E-state index >= 15 is 0 Å². The van der Waals surface area contributed by atoms with Crippen molar-refractivity contribution in [3.8, 4) is 11.5 Å². The number of nitrogens with one attached hydrogen (secondary N) is 2. The molecule has 0 radical (unpaired) electrons. The minimum atomic E-state index is -4.27. The maximum Gasteiger partial charge on any atom is 0.264 e. The Bertz CT molecular complexity index is 2400. The molecule has 12 nitrogen and oxygen atoms in total. The first-order valence-corrected chi connectivity index (χ1v) is 20.6. The maximum atomic E-state index is 14.5. The Morgan fingerprint density at radius 2 is 1.40 bits per heavy atom. The van der Waals surface area contributed by atoms with Crippen molar-refractivity contribution < 1.29 is 32.6 Å². The number of thiazole rings is 1. The van der Waals surface area contributed by atoms with E-state index in [0.29, 0.717) is 27.4 Å². The number of hydrogen-bond acceptors (Lipinski definition) is 10. The topological polar surface area (TPSA) is 160 Å². The van der Waals surface area contributed by atoms with Crippen LogP contribution < -0.4 is 20.1 Å². The predicted octanol–water partition coefficient (Wildman–Crippen LogP) is 6.30. The number of pyridine rings is 1. The minimum Gasteiger partial charge on any atom is -0.483 e. The van der Waals surface area contributed by atoms with Crippen molar-refractivity contribution in [3.05, 3.63) is 143 Å². The monoisotopic (exact) mass is 807 g/mol. The second kappa shape index (κ2) is 18.5. The molecule has 57 heavy (non-hydrogen) atoms. The lowest BCUT2D eigenvalue weighted by molar-refractivity contribution is -0.124. The number of benzene rings is 4. The van der Waals surface area contributed by atoms with E-state index in [4.69, 9.17) is 9.47 Å². The van der Waals surface area contributed by atoms with E-state index in [-0.39, 0.29) is 42.8 Å². The van der Waals surface area contributed by atoms with Crippen LogP contribution in [0, 0.1) is 27.7 Å². The van der Waals surface area contributed by atoms with Gasteiger partial charge in [-0.15, -0.1) is 0 Å². The standard InChI is InChI=1S/C43H45N5O7S2/c1-28-12-10-13-29(2)41(28)54-26-39(50)45-36(22-32-16-6-5-7-17-32)37(49)25-48(24-33-18-8-9-21-44-33)57(52,53)34-19-20-35-38(23-34)56-43(46-35)47-40(51)27-55-42-30(3)14-11-15-31(42)4/h5-21,23,36-37,49H,22,24-27H2,1-4H3,(H,45,50)(H,46,47,51)/t36-,37+/m0/s1. The Morgan fingerprint density at radius 1 is 0.789 bits per heavy atom. The number of fused-ring (bicyclic) bond motifs is 1. The molecule has 0 aliphatic heterocycles. The van der Waals surface area contributed by atoms with Gasteiger partial charge in [-0.25, -0.2) is 13.4 Å². The largest absolute Gasteiger partial charge is 0.483 e. The molecule has 2 atom stereocenters. The molecule has 0 fully saturated rings. The van der Waals surface area contributed by atoms with Gasteiger partial charge in [0.05, 0.1) is 39.5 Å².